The molecule has 0 radical (unpaired) electrons. The first-order valence-electron chi connectivity index (χ1n) is 8.53. The number of nitrogens with zero attached hydrogens (tertiary/aromatic N) is 1. The van der Waals surface area contributed by atoms with Gasteiger partial charge < -0.3 is 15.0 Å². The van der Waals surface area contributed by atoms with Crippen LogP contribution in [0, 0.1) is 0 Å². The number of fused-ring (bicyclic) bond motifs is 3. The molecule has 0 fully saturated rings. The SMILES string of the molecule is OC[C@@H]1Cc2c([nH]c3ccccc23)CN1C(=S)SCc1ccc(Cl)cc1. The summed E-state index contributed by atoms with van der Waals surface area (Å²) in [6.07, 6.45) is 0.803. The summed E-state index contributed by atoms with van der Waals surface area (Å²) in [6.45, 7) is 0.808. The van der Waals surface area contributed by atoms with E-state index in [1.54, 1.807) is 11.8 Å². The smallest absolute Gasteiger partial charge is 0.137 e. The zero-order valence-corrected chi connectivity index (χ0v) is 16.5. The second-order valence-electron chi connectivity index (χ2n) is 6.48. The lowest BCUT2D eigenvalue weighted by molar-refractivity contribution is 0.169. The molecule has 2 heterocycles. The van der Waals surface area contributed by atoms with E-state index in [1.165, 1.54) is 22.2 Å². The van der Waals surface area contributed by atoms with Crippen LogP contribution < -0.4 is 0 Å². The lowest BCUT2D eigenvalue weighted by Gasteiger charge is -2.36. The summed E-state index contributed by atoms with van der Waals surface area (Å²) in [5, 5.41) is 11.9. The normalized spacial score (nSPS) is 16.7. The first kappa shape index (κ1) is 17.9. The molecule has 0 spiro atoms. The van der Waals surface area contributed by atoms with Gasteiger partial charge in [-0.15, -0.1) is 0 Å². The lowest BCUT2D eigenvalue weighted by Crippen LogP contribution is -2.44. The van der Waals surface area contributed by atoms with E-state index in [4.69, 9.17) is 23.8 Å². The van der Waals surface area contributed by atoms with Crippen LogP contribution >= 0.6 is 35.6 Å². The number of H-pyrrole nitrogens is 1. The van der Waals surface area contributed by atoms with E-state index in [0.29, 0.717) is 6.54 Å². The standard InChI is InChI=1S/C20H19ClN2OS2/c21-14-7-5-13(6-8-14)12-26-20(25)23-10-19-17(9-15(23)11-24)16-3-1-2-4-18(16)22-19/h1-8,15,22,24H,9-12H2/t15-/m0/s1. The van der Waals surface area contributed by atoms with E-state index in [9.17, 15) is 5.11 Å². The van der Waals surface area contributed by atoms with Crippen LogP contribution in [0.2, 0.25) is 5.02 Å². The van der Waals surface area contributed by atoms with Crippen molar-refractivity contribution in [3.05, 3.63) is 70.4 Å². The van der Waals surface area contributed by atoms with Crippen LogP contribution in [0.3, 0.4) is 0 Å². The molecule has 6 heteroatoms. The average molecular weight is 403 g/mol. The number of rotatable bonds is 3. The summed E-state index contributed by atoms with van der Waals surface area (Å²) in [4.78, 5) is 5.67. The van der Waals surface area contributed by atoms with E-state index in [2.05, 4.69) is 28.1 Å². The van der Waals surface area contributed by atoms with Gasteiger partial charge in [0.2, 0.25) is 0 Å². The summed E-state index contributed by atoms with van der Waals surface area (Å²) in [7, 11) is 0. The number of hydrogen-bond donors (Lipinski definition) is 2. The van der Waals surface area contributed by atoms with Crippen molar-refractivity contribution in [1.82, 2.24) is 9.88 Å². The predicted molar refractivity (Wildman–Crippen MR) is 114 cm³/mol. The number of thiocarbonyl (C=S) groups is 1. The number of aliphatic hydroxyl groups is 1. The topological polar surface area (TPSA) is 39.3 Å². The highest BCUT2D eigenvalue weighted by Gasteiger charge is 2.30. The van der Waals surface area contributed by atoms with Gasteiger partial charge in [0.15, 0.2) is 0 Å². The van der Waals surface area contributed by atoms with Crippen molar-refractivity contribution in [1.29, 1.82) is 0 Å². The molecule has 26 heavy (non-hydrogen) atoms. The molecule has 1 aromatic heterocycles. The Labute approximate surface area is 167 Å². The number of thioether (sulfide) groups is 1. The third-order valence-electron chi connectivity index (χ3n) is 4.83. The van der Waals surface area contributed by atoms with Crippen LogP contribution in [0.15, 0.2) is 48.5 Å². The predicted octanol–water partition coefficient (Wildman–Crippen LogP) is 4.76. The Morgan fingerprint density at radius 3 is 2.77 bits per heavy atom. The van der Waals surface area contributed by atoms with E-state index >= 15 is 0 Å². The van der Waals surface area contributed by atoms with Gasteiger partial charge >= 0.3 is 0 Å². The van der Waals surface area contributed by atoms with Crippen molar-refractivity contribution in [3.63, 3.8) is 0 Å². The second-order valence-corrected chi connectivity index (χ2v) is 8.52. The molecule has 1 aliphatic rings. The molecular formula is C20H19ClN2OS2. The number of benzene rings is 2. The van der Waals surface area contributed by atoms with Gasteiger partial charge in [-0.1, -0.05) is 65.9 Å². The molecule has 1 aliphatic heterocycles. The van der Waals surface area contributed by atoms with Gasteiger partial charge in [-0.25, -0.2) is 0 Å². The monoisotopic (exact) mass is 402 g/mol. The van der Waals surface area contributed by atoms with Crippen LogP contribution in [-0.4, -0.2) is 32.0 Å². The summed E-state index contributed by atoms with van der Waals surface area (Å²) in [5.41, 5.74) is 4.84. The van der Waals surface area contributed by atoms with E-state index in [-0.39, 0.29) is 12.6 Å². The Morgan fingerprint density at radius 2 is 2.00 bits per heavy atom. The molecule has 0 saturated carbocycles. The van der Waals surface area contributed by atoms with Crippen molar-refractivity contribution in [2.45, 2.75) is 24.8 Å². The fourth-order valence-electron chi connectivity index (χ4n) is 3.45. The van der Waals surface area contributed by atoms with Gasteiger partial charge in [-0.05, 0) is 35.7 Å². The lowest BCUT2D eigenvalue weighted by atomic mass is 9.98. The van der Waals surface area contributed by atoms with Crippen LogP contribution in [0.4, 0.5) is 0 Å². The maximum Gasteiger partial charge on any atom is 0.137 e. The van der Waals surface area contributed by atoms with Gasteiger partial charge in [0.25, 0.3) is 0 Å². The Kier molecular flexibility index (Phi) is 5.23. The summed E-state index contributed by atoms with van der Waals surface area (Å²) < 4.78 is 0.823. The van der Waals surface area contributed by atoms with Crippen LogP contribution in [0.25, 0.3) is 10.9 Å². The highest BCUT2D eigenvalue weighted by atomic mass is 35.5. The zero-order valence-electron chi connectivity index (χ0n) is 14.1. The number of aromatic nitrogens is 1. The van der Waals surface area contributed by atoms with Crippen molar-refractivity contribution in [3.8, 4) is 0 Å². The summed E-state index contributed by atoms with van der Waals surface area (Å²) in [6, 6.07) is 16.2. The molecule has 1 atom stereocenters. The van der Waals surface area contributed by atoms with Gasteiger partial charge in [-0.2, -0.15) is 0 Å². The zero-order chi connectivity index (χ0) is 18.1. The maximum atomic E-state index is 9.93. The van der Waals surface area contributed by atoms with Crippen LogP contribution in [0.5, 0.6) is 0 Å². The number of aromatic amines is 1. The Bertz CT molecular complexity index is 939. The molecule has 0 amide bonds. The van der Waals surface area contributed by atoms with Crippen molar-refractivity contribution in [2.75, 3.05) is 6.61 Å². The molecule has 0 bridgehead atoms. The van der Waals surface area contributed by atoms with Gasteiger partial charge in [0.05, 0.1) is 19.2 Å². The van der Waals surface area contributed by atoms with Crippen LogP contribution in [0.1, 0.15) is 16.8 Å². The molecule has 3 nitrogen and oxygen atoms in total. The fourth-order valence-corrected chi connectivity index (χ4v) is 4.83. The number of hydrogen-bond acceptors (Lipinski definition) is 3. The second kappa shape index (κ2) is 7.61. The highest BCUT2D eigenvalue weighted by Crippen LogP contribution is 2.32. The first-order valence-corrected chi connectivity index (χ1v) is 10.3. The molecule has 134 valence electrons. The Balaban J connectivity index is 1.52. The quantitative estimate of drug-likeness (QED) is 0.619. The first-order chi connectivity index (χ1) is 12.7. The van der Waals surface area contributed by atoms with E-state index in [1.807, 2.05) is 30.3 Å². The third kappa shape index (κ3) is 3.49. The Morgan fingerprint density at radius 1 is 1.23 bits per heavy atom. The molecule has 2 N–H and O–H groups in total. The molecule has 0 aliphatic carbocycles. The minimum absolute atomic E-state index is 0.0203. The number of nitrogens with one attached hydrogen (secondary N) is 1. The Hall–Kier alpha value is -1.53. The van der Waals surface area contributed by atoms with Crippen molar-refractivity contribution >= 4 is 50.8 Å². The van der Waals surface area contributed by atoms with Crippen LogP contribution in [-0.2, 0) is 18.7 Å². The maximum absolute atomic E-state index is 9.93. The summed E-state index contributed by atoms with van der Waals surface area (Å²) >= 11 is 13.3. The van der Waals surface area contributed by atoms with Gasteiger partial charge in [0.1, 0.15) is 4.32 Å². The van der Waals surface area contributed by atoms with E-state index in [0.717, 1.165) is 27.0 Å². The van der Waals surface area contributed by atoms with Crippen molar-refractivity contribution < 1.29 is 5.11 Å². The highest BCUT2D eigenvalue weighted by molar-refractivity contribution is 8.22. The molecule has 0 unspecified atom stereocenters. The molecule has 0 saturated heterocycles. The molecule has 4 rings (SSSR count). The minimum atomic E-state index is 0.0203. The van der Waals surface area contributed by atoms with Gasteiger partial charge in [-0.3, -0.25) is 0 Å². The summed E-state index contributed by atoms with van der Waals surface area (Å²) in [5.74, 6) is 0.796. The van der Waals surface area contributed by atoms with E-state index < -0.39 is 0 Å². The molecular weight excluding hydrogens is 384 g/mol. The number of halogens is 1. The van der Waals surface area contributed by atoms with Crippen molar-refractivity contribution in [2.24, 2.45) is 0 Å². The number of aliphatic hydroxyl groups excluding tert-OH is 1. The van der Waals surface area contributed by atoms with Gasteiger partial charge in [0, 0.05) is 27.4 Å². The molecule has 2 aromatic carbocycles. The average Bonchev–Trinajstić information content (AvgIpc) is 3.03. The fraction of sp³-hybridized carbons (Fsp3) is 0.250. The third-order valence-corrected chi connectivity index (χ3v) is 6.63. The number of para-hydroxylation sites is 1. The minimum Gasteiger partial charge on any atom is -0.394 e. The molecule has 3 aromatic rings. The largest absolute Gasteiger partial charge is 0.394 e.